The Balaban J connectivity index is 2.53. The number of rotatable bonds is 1. The third kappa shape index (κ3) is 1.54. The van der Waals surface area contributed by atoms with Crippen molar-refractivity contribution in [3.05, 3.63) is 12.2 Å². The van der Waals surface area contributed by atoms with Crippen LogP contribution in [0.2, 0.25) is 0 Å². The fourth-order valence-corrected chi connectivity index (χ4v) is 0.789. The summed E-state index contributed by atoms with van der Waals surface area (Å²) in [6.07, 6.45) is 0.222. The summed E-state index contributed by atoms with van der Waals surface area (Å²) < 4.78 is 4.72. The molecule has 1 rings (SSSR count). The molecule has 1 aliphatic rings. The van der Waals surface area contributed by atoms with Gasteiger partial charge in [-0.05, 0) is 6.08 Å². The average molecular weight is 146 g/mol. The van der Waals surface area contributed by atoms with Gasteiger partial charge < -0.3 is 20.1 Å². The Kier molecular flexibility index (Phi) is 2.39. The highest BCUT2D eigenvalue weighted by atomic mass is 16.6. The fraction of sp³-hybridized carbons (Fsp3) is 0.667. The number of hydrogen-bond donors (Lipinski definition) is 3. The molecule has 3 N–H and O–H groups in total. The topological polar surface area (TPSA) is 69.9 Å². The summed E-state index contributed by atoms with van der Waals surface area (Å²) in [6.45, 7) is -0.289. The van der Waals surface area contributed by atoms with Crippen molar-refractivity contribution in [2.45, 2.75) is 18.5 Å². The number of hydrogen-bond acceptors (Lipinski definition) is 4. The van der Waals surface area contributed by atoms with Gasteiger partial charge in [-0.1, -0.05) is 6.08 Å². The van der Waals surface area contributed by atoms with E-state index in [9.17, 15) is 0 Å². The number of aliphatic hydroxyl groups is 3. The Hall–Kier alpha value is -0.420. The van der Waals surface area contributed by atoms with E-state index in [1.54, 1.807) is 0 Å². The highest BCUT2D eigenvalue weighted by Crippen LogP contribution is 2.10. The van der Waals surface area contributed by atoms with Crippen molar-refractivity contribution in [2.24, 2.45) is 0 Å². The first-order valence-electron chi connectivity index (χ1n) is 3.05. The smallest absolute Gasteiger partial charge is 0.174 e. The largest absolute Gasteiger partial charge is 0.394 e. The second kappa shape index (κ2) is 3.12. The minimum absolute atomic E-state index is 0.289. The van der Waals surface area contributed by atoms with Crippen LogP contribution in [0.5, 0.6) is 0 Å². The molecule has 0 aromatic carbocycles. The molecule has 1 unspecified atom stereocenters. The molecule has 0 saturated heterocycles. The van der Waals surface area contributed by atoms with E-state index in [2.05, 4.69) is 0 Å². The highest BCUT2D eigenvalue weighted by Gasteiger charge is 2.23. The molecule has 1 aliphatic heterocycles. The Morgan fingerprint density at radius 1 is 1.30 bits per heavy atom. The van der Waals surface area contributed by atoms with Crippen molar-refractivity contribution < 1.29 is 20.1 Å². The first-order valence-corrected chi connectivity index (χ1v) is 3.05. The third-order valence-corrected chi connectivity index (χ3v) is 1.35. The molecule has 3 atom stereocenters. The van der Waals surface area contributed by atoms with Crippen molar-refractivity contribution in [1.29, 1.82) is 0 Å². The summed E-state index contributed by atoms with van der Waals surface area (Å²) in [5.41, 5.74) is 0. The lowest BCUT2D eigenvalue weighted by Gasteiger charge is -2.24. The number of aliphatic hydroxyl groups excluding tert-OH is 3. The van der Waals surface area contributed by atoms with Gasteiger partial charge in [0.1, 0.15) is 12.2 Å². The molecule has 0 bridgehead atoms. The molecule has 0 spiro atoms. The minimum atomic E-state index is -0.999. The lowest BCUT2D eigenvalue weighted by atomic mass is 10.1. The van der Waals surface area contributed by atoms with Gasteiger partial charge in [-0.3, -0.25) is 0 Å². The van der Waals surface area contributed by atoms with E-state index in [0.717, 1.165) is 0 Å². The Bertz CT molecular complexity index is 134. The highest BCUT2D eigenvalue weighted by molar-refractivity contribution is 4.98. The zero-order valence-corrected chi connectivity index (χ0v) is 5.34. The van der Waals surface area contributed by atoms with Crippen LogP contribution in [0.15, 0.2) is 12.2 Å². The molecule has 58 valence electrons. The predicted molar refractivity (Wildman–Crippen MR) is 33.1 cm³/mol. The summed E-state index contributed by atoms with van der Waals surface area (Å²) in [5, 5.41) is 26.4. The molecule has 0 fully saturated rings. The molecular weight excluding hydrogens is 136 g/mol. The van der Waals surface area contributed by atoms with Crippen molar-refractivity contribution in [3.63, 3.8) is 0 Å². The maximum Gasteiger partial charge on any atom is 0.174 e. The summed E-state index contributed by atoms with van der Waals surface area (Å²) in [7, 11) is 0. The van der Waals surface area contributed by atoms with Crippen molar-refractivity contribution in [3.8, 4) is 0 Å². The summed E-state index contributed by atoms with van der Waals surface area (Å²) >= 11 is 0. The maximum atomic E-state index is 9.00. The normalized spacial score (nSPS) is 40.1. The van der Waals surface area contributed by atoms with Crippen LogP contribution in [-0.4, -0.2) is 40.4 Å². The predicted octanol–water partition coefficient (Wildman–Crippen LogP) is -1.39. The van der Waals surface area contributed by atoms with Crippen LogP contribution >= 0.6 is 0 Å². The van der Waals surface area contributed by atoms with Crippen LogP contribution in [0.1, 0.15) is 0 Å². The summed E-state index contributed by atoms with van der Waals surface area (Å²) in [5.74, 6) is 0. The van der Waals surface area contributed by atoms with E-state index in [1.807, 2.05) is 0 Å². The van der Waals surface area contributed by atoms with Gasteiger partial charge >= 0.3 is 0 Å². The van der Waals surface area contributed by atoms with Gasteiger partial charge in [0.25, 0.3) is 0 Å². The molecule has 0 aromatic rings. The molecule has 4 heteroatoms. The molecular formula is C6H10O4. The van der Waals surface area contributed by atoms with Crippen LogP contribution in [0.4, 0.5) is 0 Å². The Labute approximate surface area is 58.4 Å². The van der Waals surface area contributed by atoms with Crippen molar-refractivity contribution in [2.75, 3.05) is 6.61 Å². The van der Waals surface area contributed by atoms with E-state index in [4.69, 9.17) is 20.1 Å². The van der Waals surface area contributed by atoms with Crippen LogP contribution in [-0.2, 0) is 4.74 Å². The SMILES string of the molecule is OC[C@H]1OC(O)C=C[C@@H]1O. The monoisotopic (exact) mass is 146 g/mol. The average Bonchev–Trinajstić information content (AvgIpc) is 1.94. The van der Waals surface area contributed by atoms with Crippen LogP contribution in [0, 0.1) is 0 Å². The molecule has 0 aromatic heterocycles. The van der Waals surface area contributed by atoms with E-state index in [-0.39, 0.29) is 6.61 Å². The standard InChI is InChI=1S/C6H10O4/c7-3-5-4(8)1-2-6(9)10-5/h1-2,4-9H,3H2/t4-,5+,6?/m0/s1. The second-order valence-corrected chi connectivity index (χ2v) is 2.12. The maximum absolute atomic E-state index is 9.00. The van der Waals surface area contributed by atoms with Crippen molar-refractivity contribution in [1.82, 2.24) is 0 Å². The molecule has 0 aliphatic carbocycles. The zero-order chi connectivity index (χ0) is 7.56. The Morgan fingerprint density at radius 3 is 2.50 bits per heavy atom. The van der Waals surface area contributed by atoms with Gasteiger partial charge in [0.05, 0.1) is 6.61 Å². The molecule has 0 saturated carbocycles. The number of ether oxygens (including phenoxy) is 1. The third-order valence-electron chi connectivity index (χ3n) is 1.35. The van der Waals surface area contributed by atoms with E-state index >= 15 is 0 Å². The van der Waals surface area contributed by atoms with Gasteiger partial charge in [-0.2, -0.15) is 0 Å². The minimum Gasteiger partial charge on any atom is -0.394 e. The first kappa shape index (κ1) is 7.68. The van der Waals surface area contributed by atoms with E-state index in [0.29, 0.717) is 0 Å². The molecule has 10 heavy (non-hydrogen) atoms. The second-order valence-electron chi connectivity index (χ2n) is 2.12. The zero-order valence-electron chi connectivity index (χ0n) is 5.34. The van der Waals surface area contributed by atoms with E-state index < -0.39 is 18.5 Å². The lowest BCUT2D eigenvalue weighted by molar-refractivity contribution is -0.154. The van der Waals surface area contributed by atoms with Gasteiger partial charge in [-0.25, -0.2) is 0 Å². The molecule has 0 amide bonds. The Morgan fingerprint density at radius 2 is 2.00 bits per heavy atom. The molecule has 4 nitrogen and oxygen atoms in total. The van der Waals surface area contributed by atoms with Crippen LogP contribution in [0.3, 0.4) is 0 Å². The van der Waals surface area contributed by atoms with Crippen molar-refractivity contribution >= 4 is 0 Å². The summed E-state index contributed by atoms with van der Waals surface area (Å²) in [4.78, 5) is 0. The lowest BCUT2D eigenvalue weighted by Crippen LogP contribution is -2.37. The van der Waals surface area contributed by atoms with Crippen LogP contribution in [0.25, 0.3) is 0 Å². The molecule has 0 radical (unpaired) electrons. The summed E-state index contributed by atoms with van der Waals surface area (Å²) in [6, 6.07) is 0. The van der Waals surface area contributed by atoms with Gasteiger partial charge in [0.15, 0.2) is 6.29 Å². The fourth-order valence-electron chi connectivity index (χ4n) is 0.789. The van der Waals surface area contributed by atoms with E-state index in [1.165, 1.54) is 12.2 Å². The van der Waals surface area contributed by atoms with Crippen LogP contribution < -0.4 is 0 Å². The van der Waals surface area contributed by atoms with Gasteiger partial charge in [0, 0.05) is 0 Å². The first-order chi connectivity index (χ1) is 4.74. The van der Waals surface area contributed by atoms with Gasteiger partial charge in [0.2, 0.25) is 0 Å². The molecule has 1 heterocycles. The van der Waals surface area contributed by atoms with Gasteiger partial charge in [-0.15, -0.1) is 0 Å². The quantitative estimate of drug-likeness (QED) is 0.398.